The third-order valence-corrected chi connectivity index (χ3v) is 7.62. The van der Waals surface area contributed by atoms with Crippen LogP contribution >= 0.6 is 11.3 Å². The van der Waals surface area contributed by atoms with Crippen LogP contribution in [0.25, 0.3) is 5.65 Å². The molecule has 2 aliphatic heterocycles. The molecule has 0 bridgehead atoms. The Morgan fingerprint density at radius 2 is 1.84 bits per heavy atom. The van der Waals surface area contributed by atoms with Crippen molar-refractivity contribution in [3.05, 3.63) is 57.4 Å². The summed E-state index contributed by atoms with van der Waals surface area (Å²) in [5.74, 6) is 1.06. The lowest BCUT2D eigenvalue weighted by Crippen LogP contribution is -2.39. The number of nitrogens with zero attached hydrogens (tertiary/aromatic N) is 6. The van der Waals surface area contributed by atoms with Crippen molar-refractivity contribution in [3.63, 3.8) is 0 Å². The summed E-state index contributed by atoms with van der Waals surface area (Å²) in [4.78, 5) is 32.4. The number of anilines is 1. The Balaban J connectivity index is 1.08. The predicted octanol–water partition coefficient (Wildman–Crippen LogP) is 3.24. The number of hydrogen-bond acceptors (Lipinski definition) is 9. The Morgan fingerprint density at radius 1 is 1.05 bits per heavy atom. The van der Waals surface area contributed by atoms with E-state index < -0.39 is 0 Å². The third-order valence-electron chi connectivity index (χ3n) is 6.61. The van der Waals surface area contributed by atoms with Crippen molar-refractivity contribution < 1.29 is 19.1 Å². The molecule has 0 atom stereocenters. The maximum absolute atomic E-state index is 13.2. The van der Waals surface area contributed by atoms with Crippen LogP contribution in [0.3, 0.4) is 0 Å². The number of fused-ring (bicyclic) bond motifs is 2. The van der Waals surface area contributed by atoms with Gasteiger partial charge in [-0.1, -0.05) is 0 Å². The molecule has 0 radical (unpaired) electrons. The number of aryl methyl sites for hydroxylation is 2. The van der Waals surface area contributed by atoms with Crippen molar-refractivity contribution in [2.75, 3.05) is 31.6 Å². The number of benzene rings is 1. The number of nitrogens with one attached hydrogen (secondary N) is 1. The fourth-order valence-electron chi connectivity index (χ4n) is 4.65. The first-order chi connectivity index (χ1) is 18.0. The lowest BCUT2D eigenvalue weighted by molar-refractivity contribution is 0.0704. The average molecular weight is 520 g/mol. The van der Waals surface area contributed by atoms with E-state index in [1.165, 1.54) is 11.3 Å². The van der Waals surface area contributed by atoms with Crippen LogP contribution in [-0.4, -0.2) is 67.8 Å². The van der Waals surface area contributed by atoms with E-state index in [1.54, 1.807) is 33.0 Å². The molecule has 0 spiro atoms. The normalized spacial score (nSPS) is 15.7. The molecule has 3 aromatic heterocycles. The minimum atomic E-state index is -0.273. The number of amides is 2. The lowest BCUT2D eigenvalue weighted by Gasteiger charge is -2.31. The van der Waals surface area contributed by atoms with Crippen LogP contribution in [0.1, 0.15) is 56.1 Å². The monoisotopic (exact) mass is 519 g/mol. The van der Waals surface area contributed by atoms with Crippen LogP contribution in [0.15, 0.2) is 29.6 Å². The summed E-state index contributed by atoms with van der Waals surface area (Å²) < 4.78 is 12.8. The first kappa shape index (κ1) is 23.3. The number of likely N-dealkylation sites (tertiary alicyclic amines) is 1. The highest BCUT2D eigenvalue weighted by Gasteiger charge is 2.29. The van der Waals surface area contributed by atoms with Gasteiger partial charge in [-0.2, -0.15) is 5.10 Å². The standard InChI is InChI=1S/C25H25N7O4S/c1-14-11-21-28-29-22(15(2)32(21)30-14)25(34)31-7-5-16(6-8-31)24-27-18(13-37-24)23(33)26-17-3-4-19-20(12-17)36-10-9-35-19/h3-4,11-13,16H,5-10H2,1-2H3,(H,26,33). The molecule has 0 saturated carbocycles. The fraction of sp³-hybridized carbons (Fsp3) is 0.360. The number of ether oxygens (including phenoxy) is 2. The molecule has 2 aliphatic rings. The minimum Gasteiger partial charge on any atom is -0.486 e. The molecule has 1 saturated heterocycles. The fourth-order valence-corrected chi connectivity index (χ4v) is 5.62. The summed E-state index contributed by atoms with van der Waals surface area (Å²) in [5, 5.41) is 18.3. The van der Waals surface area contributed by atoms with E-state index in [0.29, 0.717) is 66.2 Å². The molecule has 4 aromatic rings. The average Bonchev–Trinajstić information content (AvgIpc) is 3.56. The van der Waals surface area contributed by atoms with E-state index in [2.05, 4.69) is 25.6 Å². The Bertz CT molecular complexity index is 1510. The van der Waals surface area contributed by atoms with E-state index in [-0.39, 0.29) is 17.7 Å². The van der Waals surface area contributed by atoms with Gasteiger partial charge in [0.2, 0.25) is 0 Å². The number of carbonyl (C=O) groups excluding carboxylic acids is 2. The quantitative estimate of drug-likeness (QED) is 0.436. The molecular weight excluding hydrogens is 494 g/mol. The van der Waals surface area contributed by atoms with Crippen LogP contribution in [0, 0.1) is 13.8 Å². The molecular formula is C25H25N7O4S. The van der Waals surface area contributed by atoms with Gasteiger partial charge < -0.3 is 19.7 Å². The smallest absolute Gasteiger partial charge is 0.276 e. The highest BCUT2D eigenvalue weighted by Crippen LogP contribution is 2.34. The Morgan fingerprint density at radius 3 is 2.65 bits per heavy atom. The first-order valence-electron chi connectivity index (χ1n) is 12.1. The van der Waals surface area contributed by atoms with E-state index in [0.717, 1.165) is 23.5 Å². The van der Waals surface area contributed by atoms with Gasteiger partial charge in [-0.15, -0.1) is 21.5 Å². The highest BCUT2D eigenvalue weighted by molar-refractivity contribution is 7.10. The summed E-state index contributed by atoms with van der Waals surface area (Å²) in [6.07, 6.45) is 1.52. The van der Waals surface area contributed by atoms with E-state index in [4.69, 9.17) is 9.47 Å². The topological polar surface area (TPSA) is 124 Å². The summed E-state index contributed by atoms with van der Waals surface area (Å²) in [5.41, 5.74) is 3.45. The molecule has 0 aliphatic carbocycles. The molecule has 12 heteroatoms. The van der Waals surface area contributed by atoms with Crippen molar-refractivity contribution in [3.8, 4) is 11.5 Å². The van der Waals surface area contributed by atoms with E-state index >= 15 is 0 Å². The Hall–Kier alpha value is -4.06. The highest BCUT2D eigenvalue weighted by atomic mass is 32.1. The molecule has 0 unspecified atom stereocenters. The molecule has 1 aromatic carbocycles. The van der Waals surface area contributed by atoms with Gasteiger partial charge in [0.05, 0.1) is 16.4 Å². The second-order valence-corrected chi connectivity index (χ2v) is 10.0. The van der Waals surface area contributed by atoms with Gasteiger partial charge in [0.15, 0.2) is 22.8 Å². The zero-order valence-electron chi connectivity index (χ0n) is 20.4. The van der Waals surface area contributed by atoms with Gasteiger partial charge in [-0.3, -0.25) is 9.59 Å². The van der Waals surface area contributed by atoms with Crippen LogP contribution in [0.5, 0.6) is 11.5 Å². The van der Waals surface area contributed by atoms with Gasteiger partial charge in [-0.25, -0.2) is 9.50 Å². The maximum Gasteiger partial charge on any atom is 0.276 e. The first-order valence-corrected chi connectivity index (χ1v) is 13.0. The van der Waals surface area contributed by atoms with Crippen molar-refractivity contribution in [2.24, 2.45) is 0 Å². The molecule has 11 nitrogen and oxygen atoms in total. The number of rotatable bonds is 4. The van der Waals surface area contributed by atoms with Crippen molar-refractivity contribution >= 4 is 34.5 Å². The molecule has 2 amide bonds. The molecule has 37 heavy (non-hydrogen) atoms. The summed E-state index contributed by atoms with van der Waals surface area (Å²) in [6.45, 7) is 5.88. The zero-order chi connectivity index (χ0) is 25.5. The number of piperidine rings is 1. The van der Waals surface area contributed by atoms with Crippen molar-refractivity contribution in [1.82, 2.24) is 29.7 Å². The van der Waals surface area contributed by atoms with Gasteiger partial charge >= 0.3 is 0 Å². The van der Waals surface area contributed by atoms with Crippen LogP contribution in [0.4, 0.5) is 5.69 Å². The lowest BCUT2D eigenvalue weighted by atomic mass is 9.97. The van der Waals surface area contributed by atoms with Gasteiger partial charge in [0.1, 0.15) is 18.9 Å². The maximum atomic E-state index is 13.2. The molecule has 1 fully saturated rings. The summed E-state index contributed by atoms with van der Waals surface area (Å²) in [6, 6.07) is 7.15. The predicted molar refractivity (Wildman–Crippen MR) is 136 cm³/mol. The third kappa shape index (κ3) is 4.48. The van der Waals surface area contributed by atoms with Crippen molar-refractivity contribution in [2.45, 2.75) is 32.6 Å². The second-order valence-electron chi connectivity index (χ2n) is 9.14. The second kappa shape index (κ2) is 9.43. The largest absolute Gasteiger partial charge is 0.486 e. The molecule has 6 rings (SSSR count). The minimum absolute atomic E-state index is 0.142. The number of thiazole rings is 1. The number of hydrogen-bond donors (Lipinski definition) is 1. The Kier molecular flexibility index (Phi) is 5.95. The summed E-state index contributed by atoms with van der Waals surface area (Å²) >= 11 is 1.48. The van der Waals surface area contributed by atoms with E-state index in [1.807, 2.05) is 19.9 Å². The van der Waals surface area contributed by atoms with Crippen molar-refractivity contribution in [1.29, 1.82) is 0 Å². The molecule has 190 valence electrons. The number of carbonyl (C=O) groups is 2. The SMILES string of the molecule is Cc1cc2nnc(C(=O)N3CCC(c4nc(C(=O)Nc5ccc6c(c5)OCCO6)cs4)CC3)c(C)n2n1. The van der Waals surface area contributed by atoms with Crippen LogP contribution in [0.2, 0.25) is 0 Å². The van der Waals surface area contributed by atoms with Gasteiger partial charge in [0.25, 0.3) is 11.8 Å². The molecule has 1 N–H and O–H groups in total. The number of aromatic nitrogens is 5. The summed E-state index contributed by atoms with van der Waals surface area (Å²) in [7, 11) is 0. The zero-order valence-corrected chi connectivity index (χ0v) is 21.2. The van der Waals surface area contributed by atoms with Crippen LogP contribution < -0.4 is 14.8 Å². The van der Waals surface area contributed by atoms with Gasteiger partial charge in [-0.05, 0) is 38.8 Å². The van der Waals surface area contributed by atoms with Crippen LogP contribution in [-0.2, 0) is 0 Å². The Labute approximate surface area is 216 Å². The van der Waals surface area contributed by atoms with Gasteiger partial charge in [0, 0.05) is 42.2 Å². The van der Waals surface area contributed by atoms with E-state index in [9.17, 15) is 9.59 Å². The molecule has 5 heterocycles.